The number of ether oxygens (including phenoxy) is 2. The second-order valence-electron chi connectivity index (χ2n) is 5.24. The van der Waals surface area contributed by atoms with Crippen molar-refractivity contribution in [2.75, 3.05) is 47.4 Å². The molecular weight excluding hydrogens is 284 g/mol. The Morgan fingerprint density at radius 2 is 1.95 bits per heavy atom. The Bertz CT molecular complexity index is 479. The largest absolute Gasteiger partial charge is 0.504 e. The van der Waals surface area contributed by atoms with Crippen molar-refractivity contribution in [3.8, 4) is 17.2 Å². The maximum atomic E-state index is 12.0. The molecule has 6 nitrogen and oxygen atoms in total. The summed E-state index contributed by atoms with van der Waals surface area (Å²) in [7, 11) is 5.28. The van der Waals surface area contributed by atoms with Crippen molar-refractivity contribution in [3.63, 3.8) is 0 Å². The van der Waals surface area contributed by atoms with Crippen LogP contribution in [0, 0.1) is 0 Å². The third-order valence-electron chi connectivity index (χ3n) is 3.36. The van der Waals surface area contributed by atoms with Crippen molar-refractivity contribution >= 4 is 5.91 Å². The third-order valence-corrected chi connectivity index (χ3v) is 3.36. The third kappa shape index (κ3) is 5.81. The van der Waals surface area contributed by atoms with Gasteiger partial charge in [-0.1, -0.05) is 6.92 Å². The number of nitrogens with zero attached hydrogens (tertiary/aromatic N) is 2. The van der Waals surface area contributed by atoms with Crippen molar-refractivity contribution in [2.45, 2.75) is 13.3 Å². The van der Waals surface area contributed by atoms with Crippen molar-refractivity contribution in [3.05, 3.63) is 18.2 Å². The van der Waals surface area contributed by atoms with Crippen LogP contribution in [-0.4, -0.2) is 68.3 Å². The number of rotatable bonds is 9. The van der Waals surface area contributed by atoms with E-state index in [9.17, 15) is 9.90 Å². The number of likely N-dealkylation sites (N-methyl/N-ethyl adjacent to an activating group) is 2. The number of phenols is 1. The van der Waals surface area contributed by atoms with Gasteiger partial charge in [0.05, 0.1) is 7.11 Å². The number of hydrogen-bond donors (Lipinski definition) is 1. The Hall–Kier alpha value is -1.95. The maximum Gasteiger partial charge on any atom is 0.260 e. The quantitative estimate of drug-likeness (QED) is 0.750. The highest BCUT2D eigenvalue weighted by Crippen LogP contribution is 2.29. The molecule has 0 unspecified atom stereocenters. The van der Waals surface area contributed by atoms with Crippen LogP contribution in [0.25, 0.3) is 0 Å². The van der Waals surface area contributed by atoms with E-state index in [0.717, 1.165) is 19.5 Å². The molecule has 0 aliphatic heterocycles. The van der Waals surface area contributed by atoms with E-state index in [1.807, 2.05) is 7.05 Å². The van der Waals surface area contributed by atoms with Crippen LogP contribution in [0.2, 0.25) is 0 Å². The van der Waals surface area contributed by atoms with Gasteiger partial charge in [0.15, 0.2) is 18.1 Å². The molecule has 0 aliphatic carbocycles. The van der Waals surface area contributed by atoms with E-state index in [-0.39, 0.29) is 18.3 Å². The summed E-state index contributed by atoms with van der Waals surface area (Å²) in [5.41, 5.74) is 0. The van der Waals surface area contributed by atoms with E-state index in [2.05, 4.69) is 11.8 Å². The van der Waals surface area contributed by atoms with Crippen molar-refractivity contribution < 1.29 is 19.4 Å². The van der Waals surface area contributed by atoms with E-state index in [4.69, 9.17) is 9.47 Å². The molecule has 1 N–H and O–H groups in total. The average molecular weight is 310 g/mol. The summed E-state index contributed by atoms with van der Waals surface area (Å²) in [4.78, 5) is 15.8. The van der Waals surface area contributed by atoms with E-state index in [1.54, 1.807) is 24.1 Å². The van der Waals surface area contributed by atoms with E-state index in [1.165, 1.54) is 13.2 Å². The highest BCUT2D eigenvalue weighted by atomic mass is 16.5. The summed E-state index contributed by atoms with van der Waals surface area (Å²) >= 11 is 0. The fourth-order valence-corrected chi connectivity index (χ4v) is 1.95. The molecular formula is C16H26N2O4. The van der Waals surface area contributed by atoms with Gasteiger partial charge in [-0.15, -0.1) is 0 Å². The topological polar surface area (TPSA) is 62.2 Å². The number of amides is 1. The zero-order chi connectivity index (χ0) is 16.5. The number of methoxy groups -OCH3 is 1. The predicted octanol–water partition coefficient (Wildman–Crippen LogP) is 1.58. The van der Waals surface area contributed by atoms with Crippen LogP contribution in [0.15, 0.2) is 18.2 Å². The lowest BCUT2D eigenvalue weighted by molar-refractivity contribution is -0.132. The summed E-state index contributed by atoms with van der Waals surface area (Å²) < 4.78 is 10.4. The Balaban J connectivity index is 2.40. The molecule has 6 heteroatoms. The Labute approximate surface area is 132 Å². The molecule has 1 amide bonds. The minimum Gasteiger partial charge on any atom is -0.504 e. The smallest absolute Gasteiger partial charge is 0.260 e. The number of carbonyl (C=O) groups excluding carboxylic acids is 1. The number of carbonyl (C=O) groups is 1. The first-order valence-corrected chi connectivity index (χ1v) is 7.40. The molecule has 1 rings (SSSR count). The molecule has 1 aromatic rings. The first kappa shape index (κ1) is 18.1. The number of hydrogen-bond acceptors (Lipinski definition) is 5. The van der Waals surface area contributed by atoms with Gasteiger partial charge in [0.1, 0.15) is 5.75 Å². The number of phenolic OH excluding ortho intramolecular Hbond substituents is 1. The minimum absolute atomic E-state index is 0.0120. The van der Waals surface area contributed by atoms with Crippen LogP contribution >= 0.6 is 0 Å². The van der Waals surface area contributed by atoms with Crippen LogP contribution in [-0.2, 0) is 4.79 Å². The maximum absolute atomic E-state index is 12.0. The molecule has 0 saturated carbocycles. The van der Waals surface area contributed by atoms with Crippen LogP contribution in [0.1, 0.15) is 13.3 Å². The van der Waals surface area contributed by atoms with Gasteiger partial charge in [-0.3, -0.25) is 4.79 Å². The van der Waals surface area contributed by atoms with Crippen molar-refractivity contribution in [1.29, 1.82) is 0 Å². The standard InChI is InChI=1S/C16H26N2O4/c1-5-8-17(2)9-10-18(3)16(20)12-22-13-6-7-15(21-4)14(19)11-13/h6-7,11,19H,5,8-10,12H2,1-4H3. The Morgan fingerprint density at radius 1 is 1.23 bits per heavy atom. The molecule has 22 heavy (non-hydrogen) atoms. The lowest BCUT2D eigenvalue weighted by atomic mass is 10.3. The molecule has 1 aromatic carbocycles. The summed E-state index contributed by atoms with van der Waals surface area (Å²) in [6.45, 7) is 4.58. The lowest BCUT2D eigenvalue weighted by Crippen LogP contribution is -2.37. The van der Waals surface area contributed by atoms with Crippen molar-refractivity contribution in [1.82, 2.24) is 9.80 Å². The van der Waals surface area contributed by atoms with Crippen LogP contribution < -0.4 is 9.47 Å². The van der Waals surface area contributed by atoms with E-state index < -0.39 is 0 Å². The van der Waals surface area contributed by atoms with Gasteiger partial charge < -0.3 is 24.4 Å². The average Bonchev–Trinajstić information content (AvgIpc) is 2.50. The summed E-state index contributed by atoms with van der Waals surface area (Å²) in [5.74, 6) is 0.695. The fourth-order valence-electron chi connectivity index (χ4n) is 1.95. The van der Waals surface area contributed by atoms with Crippen LogP contribution in [0.4, 0.5) is 0 Å². The van der Waals surface area contributed by atoms with Gasteiger partial charge in [-0.2, -0.15) is 0 Å². The van der Waals surface area contributed by atoms with Gasteiger partial charge in [0.2, 0.25) is 0 Å². The van der Waals surface area contributed by atoms with E-state index in [0.29, 0.717) is 18.0 Å². The highest BCUT2D eigenvalue weighted by molar-refractivity contribution is 5.77. The summed E-state index contributed by atoms with van der Waals surface area (Å²) in [5, 5.41) is 9.66. The Morgan fingerprint density at radius 3 is 2.55 bits per heavy atom. The number of benzene rings is 1. The molecule has 0 spiro atoms. The molecule has 124 valence electrons. The van der Waals surface area contributed by atoms with E-state index >= 15 is 0 Å². The normalized spacial score (nSPS) is 10.6. The van der Waals surface area contributed by atoms with Crippen LogP contribution in [0.5, 0.6) is 17.2 Å². The second kappa shape index (κ2) is 9.15. The fraction of sp³-hybridized carbons (Fsp3) is 0.562. The zero-order valence-electron chi connectivity index (χ0n) is 13.8. The van der Waals surface area contributed by atoms with Gasteiger partial charge in [0.25, 0.3) is 5.91 Å². The first-order chi connectivity index (χ1) is 10.5. The molecule has 0 bridgehead atoms. The van der Waals surface area contributed by atoms with Gasteiger partial charge in [0, 0.05) is 26.2 Å². The molecule has 0 atom stereocenters. The molecule has 0 aliphatic rings. The first-order valence-electron chi connectivity index (χ1n) is 7.40. The SMILES string of the molecule is CCCN(C)CCN(C)C(=O)COc1ccc(OC)c(O)c1. The Kier molecular flexibility index (Phi) is 7.52. The minimum atomic E-state index is -0.0970. The summed E-state index contributed by atoms with van der Waals surface area (Å²) in [6.07, 6.45) is 1.10. The van der Waals surface area contributed by atoms with Gasteiger partial charge in [-0.05, 0) is 32.1 Å². The monoisotopic (exact) mass is 310 g/mol. The molecule has 0 saturated heterocycles. The van der Waals surface area contributed by atoms with Crippen molar-refractivity contribution in [2.24, 2.45) is 0 Å². The zero-order valence-corrected chi connectivity index (χ0v) is 13.8. The summed E-state index contributed by atoms with van der Waals surface area (Å²) in [6, 6.07) is 4.68. The highest BCUT2D eigenvalue weighted by Gasteiger charge is 2.11. The molecule has 0 fully saturated rings. The molecule has 0 aromatic heterocycles. The lowest BCUT2D eigenvalue weighted by Gasteiger charge is -2.22. The molecule has 0 heterocycles. The van der Waals surface area contributed by atoms with Crippen LogP contribution in [0.3, 0.4) is 0 Å². The molecule has 0 radical (unpaired) electrons. The predicted molar refractivity (Wildman–Crippen MR) is 85.6 cm³/mol. The van der Waals surface area contributed by atoms with Gasteiger partial charge >= 0.3 is 0 Å². The number of aromatic hydroxyl groups is 1. The van der Waals surface area contributed by atoms with Gasteiger partial charge in [-0.25, -0.2) is 0 Å². The second-order valence-corrected chi connectivity index (χ2v) is 5.24.